The number of aryl methyl sites for hydroxylation is 1. The molecule has 0 bridgehead atoms. The molecule has 0 saturated carbocycles. The van der Waals surface area contributed by atoms with Crippen LogP contribution in [0.25, 0.3) is 0 Å². The molecule has 6 heteroatoms. The number of likely N-dealkylation sites (tertiary alicyclic amines) is 1. The fraction of sp³-hybridized carbons (Fsp3) is 0.357. The average molecular weight is 468 g/mol. The minimum Gasteiger partial charge on any atom is -0.508 e. The zero-order valence-electron chi connectivity index (χ0n) is 18.9. The number of piperidine rings is 1. The van der Waals surface area contributed by atoms with Gasteiger partial charge in [-0.15, -0.1) is 0 Å². The lowest BCUT2D eigenvalue weighted by Gasteiger charge is -2.43. The molecule has 2 atom stereocenters. The molecule has 0 aliphatic carbocycles. The Labute approximate surface area is 197 Å². The molecule has 3 aromatic rings. The first-order valence-electron chi connectivity index (χ1n) is 11.8. The average Bonchev–Trinajstić information content (AvgIpc) is 3.15. The molecule has 1 fully saturated rings. The first kappa shape index (κ1) is 22.8. The van der Waals surface area contributed by atoms with Crippen molar-refractivity contribution in [3.63, 3.8) is 0 Å². The molecule has 0 spiro atoms. The number of ether oxygens (including phenoxy) is 1. The largest absolute Gasteiger partial charge is 0.508 e. The summed E-state index contributed by atoms with van der Waals surface area (Å²) in [7, 11) is 0. The Morgan fingerprint density at radius 1 is 0.971 bits per heavy atom. The van der Waals surface area contributed by atoms with Crippen molar-refractivity contribution in [1.29, 1.82) is 0 Å². The lowest BCUT2D eigenvalue weighted by molar-refractivity contribution is -0.138. The van der Waals surface area contributed by atoms with Crippen LogP contribution in [0, 0.1) is 0 Å². The highest BCUT2D eigenvalue weighted by molar-refractivity contribution is 5.50. The molecule has 0 amide bonds. The summed E-state index contributed by atoms with van der Waals surface area (Å²) in [6.07, 6.45) is -1.48. The van der Waals surface area contributed by atoms with Crippen LogP contribution in [-0.2, 0) is 24.4 Å². The van der Waals surface area contributed by atoms with Crippen LogP contribution in [0.4, 0.5) is 13.2 Å². The van der Waals surface area contributed by atoms with E-state index in [9.17, 15) is 18.3 Å². The lowest BCUT2D eigenvalue weighted by Crippen LogP contribution is -2.53. The Balaban J connectivity index is 1.34. The molecule has 2 aliphatic rings. The van der Waals surface area contributed by atoms with E-state index in [0.29, 0.717) is 25.1 Å². The molecule has 2 heterocycles. The second kappa shape index (κ2) is 8.99. The van der Waals surface area contributed by atoms with E-state index in [1.165, 1.54) is 11.6 Å². The number of alkyl halides is 3. The zero-order chi connectivity index (χ0) is 23.8. The van der Waals surface area contributed by atoms with Crippen molar-refractivity contribution in [1.82, 2.24) is 4.90 Å². The Morgan fingerprint density at radius 3 is 2.53 bits per heavy atom. The number of hydrogen-bond donors (Lipinski definition) is 1. The number of fused-ring (bicyclic) bond motifs is 3. The van der Waals surface area contributed by atoms with Crippen LogP contribution in [0.3, 0.4) is 0 Å². The Morgan fingerprint density at radius 2 is 1.74 bits per heavy atom. The highest BCUT2D eigenvalue weighted by Crippen LogP contribution is 2.51. The van der Waals surface area contributed by atoms with E-state index in [1.807, 2.05) is 30.3 Å². The highest BCUT2D eigenvalue weighted by Gasteiger charge is 2.51. The molecule has 0 unspecified atom stereocenters. The number of phenolic OH excluding ortho intramolecular Hbond substituents is 1. The van der Waals surface area contributed by atoms with Gasteiger partial charge in [-0.3, -0.25) is 4.90 Å². The molecule has 0 aromatic heterocycles. The third-order valence-electron chi connectivity index (χ3n) is 7.41. The van der Waals surface area contributed by atoms with Gasteiger partial charge in [-0.25, -0.2) is 0 Å². The van der Waals surface area contributed by atoms with Gasteiger partial charge < -0.3 is 9.84 Å². The van der Waals surface area contributed by atoms with E-state index in [-0.39, 0.29) is 17.3 Å². The van der Waals surface area contributed by atoms with E-state index in [0.717, 1.165) is 43.2 Å². The maximum Gasteiger partial charge on any atom is 0.416 e. The van der Waals surface area contributed by atoms with Crippen LogP contribution in [-0.4, -0.2) is 35.7 Å². The van der Waals surface area contributed by atoms with Crippen molar-refractivity contribution in [2.45, 2.75) is 43.4 Å². The van der Waals surface area contributed by atoms with Crippen LogP contribution in [0.15, 0.2) is 72.8 Å². The Bertz CT molecular complexity index is 1150. The number of aromatic hydroxyl groups is 1. The van der Waals surface area contributed by atoms with Gasteiger partial charge in [0.1, 0.15) is 17.6 Å². The summed E-state index contributed by atoms with van der Waals surface area (Å²) in [4.78, 5) is 2.21. The molecule has 2 aliphatic heterocycles. The minimum atomic E-state index is -4.34. The highest BCUT2D eigenvalue weighted by atomic mass is 19.4. The summed E-state index contributed by atoms with van der Waals surface area (Å²) in [6.45, 7) is 1.97. The van der Waals surface area contributed by atoms with E-state index in [1.54, 1.807) is 18.2 Å². The molecule has 0 radical (unpaired) electrons. The minimum absolute atomic E-state index is 0.0976. The quantitative estimate of drug-likeness (QED) is 0.483. The second-order valence-corrected chi connectivity index (χ2v) is 9.38. The lowest BCUT2D eigenvalue weighted by atomic mass is 9.68. The van der Waals surface area contributed by atoms with Gasteiger partial charge in [0.15, 0.2) is 0 Å². The summed E-state index contributed by atoms with van der Waals surface area (Å²) >= 11 is 0. The monoisotopic (exact) mass is 467 g/mol. The van der Waals surface area contributed by atoms with Crippen molar-refractivity contribution in [2.24, 2.45) is 0 Å². The smallest absolute Gasteiger partial charge is 0.416 e. The topological polar surface area (TPSA) is 32.7 Å². The number of halogens is 3. The van der Waals surface area contributed by atoms with E-state index >= 15 is 0 Å². The molecule has 178 valence electrons. The molecule has 3 nitrogen and oxygen atoms in total. The number of rotatable bonds is 6. The Hall–Kier alpha value is -2.99. The van der Waals surface area contributed by atoms with Gasteiger partial charge >= 0.3 is 6.18 Å². The fourth-order valence-electron chi connectivity index (χ4n) is 5.57. The standard InChI is InChI=1S/C28H28F3NO2/c29-28(30,31)23-9-5-4-8-21(23)13-16-32-17-15-27(14-12-20-6-2-1-3-7-20)24-18-22(33)10-11-25(24)34-26(27)19-32/h1-11,18,26,33H,12-17,19H2/t26-,27-/m0/s1. The van der Waals surface area contributed by atoms with Gasteiger partial charge in [0, 0.05) is 24.1 Å². The summed E-state index contributed by atoms with van der Waals surface area (Å²) < 4.78 is 46.6. The SMILES string of the molecule is Oc1ccc2c(c1)[C@]1(CCc3ccccc3)CCN(CCc3ccccc3C(F)(F)F)C[C@@H]1O2. The maximum absolute atomic E-state index is 13.4. The van der Waals surface area contributed by atoms with E-state index in [4.69, 9.17) is 4.74 Å². The summed E-state index contributed by atoms with van der Waals surface area (Å²) in [5.74, 6) is 1.04. The van der Waals surface area contributed by atoms with Crippen LogP contribution >= 0.6 is 0 Å². The van der Waals surface area contributed by atoms with Crippen molar-refractivity contribution >= 4 is 0 Å². The molecule has 1 saturated heterocycles. The first-order chi connectivity index (χ1) is 16.3. The van der Waals surface area contributed by atoms with Crippen molar-refractivity contribution in [3.8, 4) is 11.5 Å². The number of nitrogens with zero attached hydrogens (tertiary/aromatic N) is 1. The van der Waals surface area contributed by atoms with Gasteiger partial charge in [-0.1, -0.05) is 48.5 Å². The van der Waals surface area contributed by atoms with Crippen LogP contribution < -0.4 is 4.74 Å². The molecule has 5 rings (SSSR count). The number of phenols is 1. The van der Waals surface area contributed by atoms with Gasteiger partial charge in [0.05, 0.1) is 5.56 Å². The van der Waals surface area contributed by atoms with Crippen LogP contribution in [0.5, 0.6) is 11.5 Å². The summed E-state index contributed by atoms with van der Waals surface area (Å²) in [5.41, 5.74) is 1.87. The summed E-state index contributed by atoms with van der Waals surface area (Å²) in [5, 5.41) is 10.2. The predicted octanol–water partition coefficient (Wildman–Crippen LogP) is 5.99. The van der Waals surface area contributed by atoms with E-state index < -0.39 is 11.7 Å². The second-order valence-electron chi connectivity index (χ2n) is 9.38. The molecular formula is C28H28F3NO2. The number of hydrogen-bond acceptors (Lipinski definition) is 3. The summed E-state index contributed by atoms with van der Waals surface area (Å²) in [6, 6.07) is 21.5. The van der Waals surface area contributed by atoms with Crippen molar-refractivity contribution < 1.29 is 23.0 Å². The van der Waals surface area contributed by atoms with Gasteiger partial charge in [0.2, 0.25) is 0 Å². The molecular weight excluding hydrogens is 439 g/mol. The molecule has 34 heavy (non-hydrogen) atoms. The zero-order valence-corrected chi connectivity index (χ0v) is 18.9. The predicted molar refractivity (Wildman–Crippen MR) is 125 cm³/mol. The molecule has 1 N–H and O–H groups in total. The molecule has 3 aromatic carbocycles. The normalized spacial score (nSPS) is 22.1. The Kier molecular flexibility index (Phi) is 6.02. The third-order valence-corrected chi connectivity index (χ3v) is 7.41. The van der Waals surface area contributed by atoms with Gasteiger partial charge in [-0.05, 0) is 67.6 Å². The third kappa shape index (κ3) is 4.39. The van der Waals surface area contributed by atoms with Gasteiger partial charge in [0.25, 0.3) is 0 Å². The van der Waals surface area contributed by atoms with E-state index in [2.05, 4.69) is 17.0 Å². The van der Waals surface area contributed by atoms with Crippen LogP contribution in [0.1, 0.15) is 35.1 Å². The van der Waals surface area contributed by atoms with Crippen molar-refractivity contribution in [2.75, 3.05) is 19.6 Å². The number of benzene rings is 3. The van der Waals surface area contributed by atoms with Gasteiger partial charge in [-0.2, -0.15) is 13.2 Å². The van der Waals surface area contributed by atoms with Crippen molar-refractivity contribution in [3.05, 3.63) is 95.1 Å². The maximum atomic E-state index is 13.4. The fourth-order valence-corrected chi connectivity index (χ4v) is 5.57. The first-order valence-corrected chi connectivity index (χ1v) is 11.8. The van der Waals surface area contributed by atoms with Crippen LogP contribution in [0.2, 0.25) is 0 Å².